The van der Waals surface area contributed by atoms with Crippen LogP contribution in [0.15, 0.2) is 18.5 Å². The Morgan fingerprint density at radius 2 is 2.05 bits per heavy atom. The number of aromatic nitrogens is 1. The van der Waals surface area contributed by atoms with Gasteiger partial charge in [-0.25, -0.2) is 0 Å². The molecule has 1 heterocycles. The fourth-order valence-electron chi connectivity index (χ4n) is 1.82. The van der Waals surface area contributed by atoms with Crippen molar-refractivity contribution in [1.82, 2.24) is 15.2 Å². The lowest BCUT2D eigenvalue weighted by atomic mass is 10.2. The Bertz CT molecular complexity index is 351. The summed E-state index contributed by atoms with van der Waals surface area (Å²) in [6.07, 6.45) is 3.62. The molecule has 1 rings (SSSR count). The molecule has 4 heteroatoms. The number of hydrogen-bond acceptors (Lipinski definition) is 4. The van der Waals surface area contributed by atoms with E-state index in [0.717, 1.165) is 31.9 Å². The van der Waals surface area contributed by atoms with E-state index in [1.165, 1.54) is 5.56 Å². The van der Waals surface area contributed by atoms with E-state index in [-0.39, 0.29) is 0 Å². The monoisotopic (exact) mass is 265 g/mol. The summed E-state index contributed by atoms with van der Waals surface area (Å²) in [5, 5.41) is 3.41. The lowest BCUT2D eigenvalue weighted by Gasteiger charge is -2.19. The molecule has 0 spiro atoms. The average Bonchev–Trinajstić information content (AvgIpc) is 2.42. The summed E-state index contributed by atoms with van der Waals surface area (Å²) in [5.74, 6) is 0.891. The molecule has 108 valence electrons. The molecule has 0 aromatic carbocycles. The van der Waals surface area contributed by atoms with Gasteiger partial charge in [0.1, 0.15) is 12.4 Å². The highest BCUT2D eigenvalue weighted by Gasteiger charge is 2.05. The predicted octanol–water partition coefficient (Wildman–Crippen LogP) is 2.30. The molecule has 0 atom stereocenters. The molecule has 1 N–H and O–H groups in total. The zero-order chi connectivity index (χ0) is 14.1. The predicted molar refractivity (Wildman–Crippen MR) is 79.5 cm³/mol. The van der Waals surface area contributed by atoms with Gasteiger partial charge in [-0.1, -0.05) is 27.7 Å². The van der Waals surface area contributed by atoms with Crippen LogP contribution in [-0.4, -0.2) is 42.2 Å². The van der Waals surface area contributed by atoms with Crippen molar-refractivity contribution in [2.45, 2.75) is 40.3 Å². The molecule has 1 aromatic rings. The number of likely N-dealkylation sites (N-methyl/N-ethyl adjacent to an activating group) is 1. The number of rotatable bonds is 9. The first-order chi connectivity index (χ1) is 9.17. The summed E-state index contributed by atoms with van der Waals surface area (Å²) in [7, 11) is 0. The van der Waals surface area contributed by atoms with Crippen molar-refractivity contribution in [3.05, 3.63) is 24.0 Å². The molecular weight excluding hydrogens is 238 g/mol. The van der Waals surface area contributed by atoms with E-state index in [1.807, 2.05) is 12.3 Å². The van der Waals surface area contributed by atoms with E-state index < -0.39 is 0 Å². The van der Waals surface area contributed by atoms with Gasteiger partial charge in [0.15, 0.2) is 0 Å². The number of hydrogen-bond donors (Lipinski definition) is 1. The number of pyridine rings is 1. The first-order valence-corrected chi connectivity index (χ1v) is 7.18. The van der Waals surface area contributed by atoms with E-state index >= 15 is 0 Å². The third kappa shape index (κ3) is 6.03. The maximum absolute atomic E-state index is 5.86. The Kier molecular flexibility index (Phi) is 7.45. The molecule has 0 fully saturated rings. The van der Waals surface area contributed by atoms with Gasteiger partial charge in [-0.3, -0.25) is 4.98 Å². The molecule has 0 aliphatic carbocycles. The molecule has 0 aliphatic rings. The topological polar surface area (TPSA) is 37.4 Å². The van der Waals surface area contributed by atoms with Gasteiger partial charge in [-0.2, -0.15) is 0 Å². The van der Waals surface area contributed by atoms with Crippen LogP contribution >= 0.6 is 0 Å². The molecule has 0 bridgehead atoms. The van der Waals surface area contributed by atoms with E-state index in [9.17, 15) is 0 Å². The van der Waals surface area contributed by atoms with E-state index in [1.54, 1.807) is 6.20 Å². The normalized spacial score (nSPS) is 11.3. The van der Waals surface area contributed by atoms with Gasteiger partial charge in [-0.05, 0) is 19.2 Å². The van der Waals surface area contributed by atoms with Crippen LogP contribution in [0.1, 0.15) is 33.3 Å². The third-order valence-corrected chi connectivity index (χ3v) is 3.13. The second-order valence-electron chi connectivity index (χ2n) is 4.89. The molecule has 0 saturated carbocycles. The highest BCUT2D eigenvalue weighted by molar-refractivity contribution is 5.29. The van der Waals surface area contributed by atoms with E-state index in [0.29, 0.717) is 12.6 Å². The van der Waals surface area contributed by atoms with Gasteiger partial charge < -0.3 is 15.0 Å². The van der Waals surface area contributed by atoms with E-state index in [4.69, 9.17) is 4.74 Å². The second kappa shape index (κ2) is 8.88. The molecule has 0 radical (unpaired) electrons. The SMILES string of the molecule is CCN(CC)CCOc1cnccc1CNC(C)C. The van der Waals surface area contributed by atoms with Crippen LogP contribution < -0.4 is 10.1 Å². The quantitative estimate of drug-likeness (QED) is 0.743. The fourth-order valence-corrected chi connectivity index (χ4v) is 1.82. The zero-order valence-electron chi connectivity index (χ0n) is 12.6. The Labute approximate surface area is 117 Å². The molecule has 0 unspecified atom stereocenters. The van der Waals surface area contributed by atoms with Crippen molar-refractivity contribution in [1.29, 1.82) is 0 Å². The minimum absolute atomic E-state index is 0.469. The fraction of sp³-hybridized carbons (Fsp3) is 0.667. The van der Waals surface area contributed by atoms with E-state index in [2.05, 4.69) is 42.9 Å². The summed E-state index contributed by atoms with van der Waals surface area (Å²) >= 11 is 0. The van der Waals surface area contributed by atoms with Gasteiger partial charge >= 0.3 is 0 Å². The van der Waals surface area contributed by atoms with Gasteiger partial charge in [0.25, 0.3) is 0 Å². The van der Waals surface area contributed by atoms with Crippen LogP contribution in [0.3, 0.4) is 0 Å². The maximum Gasteiger partial charge on any atom is 0.142 e. The van der Waals surface area contributed by atoms with Crippen molar-refractivity contribution in [2.24, 2.45) is 0 Å². The first-order valence-electron chi connectivity index (χ1n) is 7.18. The van der Waals surface area contributed by atoms with Crippen molar-refractivity contribution in [2.75, 3.05) is 26.2 Å². The van der Waals surface area contributed by atoms with Crippen molar-refractivity contribution in [3.8, 4) is 5.75 Å². The minimum Gasteiger partial charge on any atom is -0.490 e. The van der Waals surface area contributed by atoms with Crippen LogP contribution in [0.5, 0.6) is 5.75 Å². The lowest BCUT2D eigenvalue weighted by molar-refractivity contribution is 0.221. The Morgan fingerprint density at radius 1 is 1.32 bits per heavy atom. The molecular formula is C15H27N3O. The minimum atomic E-state index is 0.469. The van der Waals surface area contributed by atoms with Crippen molar-refractivity contribution in [3.63, 3.8) is 0 Å². The Morgan fingerprint density at radius 3 is 2.68 bits per heavy atom. The highest BCUT2D eigenvalue weighted by atomic mass is 16.5. The standard InChI is InChI=1S/C15H27N3O/c1-5-18(6-2)9-10-19-15-12-16-8-7-14(15)11-17-13(3)4/h7-8,12-13,17H,5-6,9-11H2,1-4H3. The van der Waals surface area contributed by atoms with Gasteiger partial charge in [0.2, 0.25) is 0 Å². The average molecular weight is 265 g/mol. The summed E-state index contributed by atoms with van der Waals surface area (Å²) in [5.41, 5.74) is 1.17. The zero-order valence-corrected chi connectivity index (χ0v) is 12.6. The van der Waals surface area contributed by atoms with Crippen LogP contribution in [0.4, 0.5) is 0 Å². The van der Waals surface area contributed by atoms with Gasteiger partial charge in [0, 0.05) is 30.9 Å². The smallest absolute Gasteiger partial charge is 0.142 e. The maximum atomic E-state index is 5.86. The van der Waals surface area contributed by atoms with Crippen LogP contribution in [0.25, 0.3) is 0 Å². The van der Waals surface area contributed by atoms with Gasteiger partial charge in [0.05, 0.1) is 6.20 Å². The third-order valence-electron chi connectivity index (χ3n) is 3.13. The number of ether oxygens (including phenoxy) is 1. The highest BCUT2D eigenvalue weighted by Crippen LogP contribution is 2.16. The Balaban J connectivity index is 2.48. The summed E-state index contributed by atoms with van der Waals surface area (Å²) in [6, 6.07) is 2.49. The molecule has 0 saturated heterocycles. The molecule has 0 aliphatic heterocycles. The number of nitrogens with zero attached hydrogens (tertiary/aromatic N) is 2. The second-order valence-corrected chi connectivity index (χ2v) is 4.89. The molecule has 19 heavy (non-hydrogen) atoms. The largest absolute Gasteiger partial charge is 0.490 e. The lowest BCUT2D eigenvalue weighted by Crippen LogP contribution is -2.28. The van der Waals surface area contributed by atoms with Crippen molar-refractivity contribution >= 4 is 0 Å². The summed E-state index contributed by atoms with van der Waals surface area (Å²) in [4.78, 5) is 6.49. The summed E-state index contributed by atoms with van der Waals surface area (Å²) in [6.45, 7) is 13.2. The molecule has 1 aromatic heterocycles. The van der Waals surface area contributed by atoms with Crippen LogP contribution in [0, 0.1) is 0 Å². The van der Waals surface area contributed by atoms with Crippen LogP contribution in [-0.2, 0) is 6.54 Å². The van der Waals surface area contributed by atoms with Crippen molar-refractivity contribution < 1.29 is 4.74 Å². The summed E-state index contributed by atoms with van der Waals surface area (Å²) < 4.78 is 5.86. The Hall–Kier alpha value is -1.13. The van der Waals surface area contributed by atoms with Gasteiger partial charge in [-0.15, -0.1) is 0 Å². The first kappa shape index (κ1) is 15.9. The molecule has 4 nitrogen and oxygen atoms in total. The van der Waals surface area contributed by atoms with Crippen LogP contribution in [0.2, 0.25) is 0 Å². The molecule has 0 amide bonds. The number of nitrogens with one attached hydrogen (secondary N) is 1.